The Kier molecular flexibility index (Phi) is 6.13. The largest absolute Gasteiger partial charge is 0.309 e. The molecule has 0 atom stereocenters. The Labute approximate surface area is 237 Å². The van der Waals surface area contributed by atoms with Crippen molar-refractivity contribution in [3.05, 3.63) is 151 Å². The lowest BCUT2D eigenvalue weighted by molar-refractivity contribution is 1.29. The molecule has 0 unspecified atom stereocenters. The van der Waals surface area contributed by atoms with Crippen molar-refractivity contribution in [2.45, 2.75) is 0 Å². The van der Waals surface area contributed by atoms with Crippen LogP contribution in [0.5, 0.6) is 0 Å². The van der Waals surface area contributed by atoms with Gasteiger partial charge in [-0.1, -0.05) is 115 Å². The van der Waals surface area contributed by atoms with Gasteiger partial charge >= 0.3 is 0 Å². The lowest BCUT2D eigenvalue weighted by Crippen LogP contribution is -2.10. The Morgan fingerprint density at radius 2 is 0.923 bits per heavy atom. The van der Waals surface area contributed by atoms with E-state index in [1.54, 1.807) is 11.3 Å². The van der Waals surface area contributed by atoms with Gasteiger partial charge in [-0.15, -0.1) is 11.3 Å². The standard InChI is InChI=1S/C36H24ClNS/c37-33-23-32-31-13-7-8-14-35(31)39-36(32)24-34(33)38(29-19-15-27(16-20-29)25-9-3-1-4-10-25)30-21-17-28(18-22-30)26-11-5-2-6-12-26/h1-24H. The first-order valence-corrected chi connectivity index (χ1v) is 14.2. The number of nitrogens with zero attached hydrogens (tertiary/aromatic N) is 1. The van der Waals surface area contributed by atoms with Crippen LogP contribution in [0.2, 0.25) is 5.02 Å². The zero-order chi connectivity index (χ0) is 26.2. The molecular formula is C36H24ClNS. The minimum absolute atomic E-state index is 0.727. The van der Waals surface area contributed by atoms with E-state index in [4.69, 9.17) is 11.6 Å². The van der Waals surface area contributed by atoms with Crippen LogP contribution in [0.25, 0.3) is 42.4 Å². The van der Waals surface area contributed by atoms with Crippen LogP contribution in [-0.2, 0) is 0 Å². The van der Waals surface area contributed by atoms with Gasteiger partial charge in [0.25, 0.3) is 0 Å². The maximum absolute atomic E-state index is 7.07. The number of benzene rings is 6. The first kappa shape index (κ1) is 23.7. The molecule has 0 spiro atoms. The SMILES string of the molecule is Clc1cc2c(cc1N(c1ccc(-c3ccccc3)cc1)c1ccc(-c3ccccc3)cc1)sc1ccccc12. The molecule has 1 aromatic heterocycles. The van der Waals surface area contributed by atoms with Gasteiger partial charge in [-0.3, -0.25) is 0 Å². The summed E-state index contributed by atoms with van der Waals surface area (Å²) >= 11 is 8.88. The smallest absolute Gasteiger partial charge is 0.0662 e. The quantitative estimate of drug-likeness (QED) is 0.211. The number of anilines is 3. The summed E-state index contributed by atoms with van der Waals surface area (Å²) in [4.78, 5) is 2.26. The normalized spacial score (nSPS) is 11.2. The molecule has 0 aliphatic heterocycles. The molecule has 7 aromatic rings. The van der Waals surface area contributed by atoms with Crippen molar-refractivity contribution in [3.63, 3.8) is 0 Å². The molecule has 1 nitrogen and oxygen atoms in total. The summed E-state index contributed by atoms with van der Waals surface area (Å²) in [7, 11) is 0. The van der Waals surface area contributed by atoms with Crippen LogP contribution >= 0.6 is 22.9 Å². The molecule has 0 saturated heterocycles. The van der Waals surface area contributed by atoms with Gasteiger partial charge in [0.05, 0.1) is 10.7 Å². The van der Waals surface area contributed by atoms with E-state index in [9.17, 15) is 0 Å². The van der Waals surface area contributed by atoms with Crippen LogP contribution in [0, 0.1) is 0 Å². The zero-order valence-electron chi connectivity index (χ0n) is 21.1. The maximum Gasteiger partial charge on any atom is 0.0662 e. The Morgan fingerprint density at radius 1 is 0.436 bits per heavy atom. The molecule has 6 aromatic carbocycles. The predicted molar refractivity (Wildman–Crippen MR) is 170 cm³/mol. The molecule has 0 saturated carbocycles. The van der Waals surface area contributed by atoms with Gasteiger partial charge in [0.15, 0.2) is 0 Å². The summed E-state index contributed by atoms with van der Waals surface area (Å²) in [6.45, 7) is 0. The number of thiophene rings is 1. The minimum atomic E-state index is 0.727. The van der Waals surface area contributed by atoms with Crippen LogP contribution in [0.3, 0.4) is 0 Å². The highest BCUT2D eigenvalue weighted by Crippen LogP contribution is 2.45. The number of rotatable bonds is 5. The highest BCUT2D eigenvalue weighted by atomic mass is 35.5. The van der Waals surface area contributed by atoms with Crippen LogP contribution in [0.1, 0.15) is 0 Å². The second-order valence-electron chi connectivity index (χ2n) is 9.56. The molecule has 0 fully saturated rings. The fraction of sp³-hybridized carbons (Fsp3) is 0. The van der Waals surface area contributed by atoms with Gasteiger partial charge in [-0.2, -0.15) is 0 Å². The third-order valence-electron chi connectivity index (χ3n) is 7.15. The van der Waals surface area contributed by atoms with Gasteiger partial charge in [-0.25, -0.2) is 0 Å². The fourth-order valence-electron chi connectivity index (χ4n) is 5.20. The van der Waals surface area contributed by atoms with E-state index in [1.165, 1.54) is 42.4 Å². The lowest BCUT2D eigenvalue weighted by atomic mass is 10.0. The van der Waals surface area contributed by atoms with Crippen molar-refractivity contribution >= 4 is 60.2 Å². The molecule has 0 bridgehead atoms. The molecule has 0 amide bonds. The van der Waals surface area contributed by atoms with Gasteiger partial charge in [0.1, 0.15) is 0 Å². The second-order valence-corrected chi connectivity index (χ2v) is 11.1. The molecule has 3 heteroatoms. The highest BCUT2D eigenvalue weighted by Gasteiger charge is 2.18. The van der Waals surface area contributed by atoms with Crippen LogP contribution in [0.15, 0.2) is 146 Å². The van der Waals surface area contributed by atoms with Crippen LogP contribution in [0.4, 0.5) is 17.1 Å². The van der Waals surface area contributed by atoms with E-state index < -0.39 is 0 Å². The van der Waals surface area contributed by atoms with Crippen LogP contribution in [-0.4, -0.2) is 0 Å². The molecule has 7 rings (SSSR count). The van der Waals surface area contributed by atoms with E-state index in [-0.39, 0.29) is 0 Å². The van der Waals surface area contributed by atoms with Gasteiger partial charge < -0.3 is 4.90 Å². The molecule has 0 aliphatic rings. The summed E-state index contributed by atoms with van der Waals surface area (Å²) in [5.41, 5.74) is 7.86. The Hall–Kier alpha value is -4.37. The van der Waals surface area contributed by atoms with Crippen molar-refractivity contribution in [3.8, 4) is 22.3 Å². The van der Waals surface area contributed by atoms with Crippen molar-refractivity contribution in [2.24, 2.45) is 0 Å². The van der Waals surface area contributed by atoms with Crippen molar-refractivity contribution in [1.29, 1.82) is 0 Å². The van der Waals surface area contributed by atoms with Crippen LogP contribution < -0.4 is 4.90 Å². The molecule has 1 heterocycles. The summed E-state index contributed by atoms with van der Waals surface area (Å²) in [6.07, 6.45) is 0. The monoisotopic (exact) mass is 537 g/mol. The van der Waals surface area contributed by atoms with E-state index in [2.05, 4.69) is 138 Å². The Balaban J connectivity index is 1.37. The molecule has 0 N–H and O–H groups in total. The van der Waals surface area contributed by atoms with Gasteiger partial charge in [-0.05, 0) is 64.7 Å². The van der Waals surface area contributed by atoms with Crippen molar-refractivity contribution in [2.75, 3.05) is 4.90 Å². The van der Waals surface area contributed by atoms with Gasteiger partial charge in [0.2, 0.25) is 0 Å². The summed E-state index contributed by atoms with van der Waals surface area (Å²) in [6, 6.07) is 51.3. The number of halogens is 1. The topological polar surface area (TPSA) is 3.24 Å². The molecule has 0 radical (unpaired) electrons. The summed E-state index contributed by atoms with van der Waals surface area (Å²) in [5.74, 6) is 0. The Bertz CT molecular complexity index is 1810. The predicted octanol–water partition coefficient (Wildman–Crippen LogP) is 11.5. The highest BCUT2D eigenvalue weighted by molar-refractivity contribution is 7.25. The average molecular weight is 538 g/mol. The van der Waals surface area contributed by atoms with Crippen molar-refractivity contribution in [1.82, 2.24) is 0 Å². The van der Waals surface area contributed by atoms with E-state index in [1.807, 2.05) is 12.1 Å². The first-order chi connectivity index (χ1) is 19.2. The molecule has 186 valence electrons. The molecule has 0 aliphatic carbocycles. The van der Waals surface area contributed by atoms with Crippen molar-refractivity contribution < 1.29 is 0 Å². The minimum Gasteiger partial charge on any atom is -0.309 e. The third kappa shape index (κ3) is 4.48. The Morgan fingerprint density at radius 3 is 1.49 bits per heavy atom. The first-order valence-electron chi connectivity index (χ1n) is 13.0. The summed E-state index contributed by atoms with van der Waals surface area (Å²) in [5, 5.41) is 3.17. The zero-order valence-corrected chi connectivity index (χ0v) is 22.7. The average Bonchev–Trinajstić information content (AvgIpc) is 3.36. The van der Waals surface area contributed by atoms with E-state index in [0.717, 1.165) is 22.1 Å². The fourth-order valence-corrected chi connectivity index (χ4v) is 6.57. The number of fused-ring (bicyclic) bond motifs is 3. The third-order valence-corrected chi connectivity index (χ3v) is 8.59. The summed E-state index contributed by atoms with van der Waals surface area (Å²) < 4.78 is 2.49. The number of hydrogen-bond acceptors (Lipinski definition) is 2. The lowest BCUT2D eigenvalue weighted by Gasteiger charge is -2.27. The number of hydrogen-bond donors (Lipinski definition) is 0. The maximum atomic E-state index is 7.07. The van der Waals surface area contributed by atoms with E-state index >= 15 is 0 Å². The molecule has 39 heavy (non-hydrogen) atoms. The van der Waals surface area contributed by atoms with Gasteiger partial charge in [0, 0.05) is 31.5 Å². The van der Waals surface area contributed by atoms with E-state index in [0.29, 0.717) is 0 Å². The molecular weight excluding hydrogens is 514 g/mol. The second kappa shape index (κ2) is 10.1.